The van der Waals surface area contributed by atoms with Gasteiger partial charge in [0.1, 0.15) is 5.76 Å². The quantitative estimate of drug-likeness (QED) is 0.746. The van der Waals surface area contributed by atoms with Crippen molar-refractivity contribution in [2.45, 2.75) is 33.0 Å². The van der Waals surface area contributed by atoms with Gasteiger partial charge in [-0.1, -0.05) is 37.3 Å². The highest BCUT2D eigenvalue weighted by molar-refractivity contribution is 5.18. The van der Waals surface area contributed by atoms with Crippen LogP contribution in [0.15, 0.2) is 47.1 Å². The van der Waals surface area contributed by atoms with Gasteiger partial charge in [0.25, 0.3) is 0 Å². The molecule has 0 amide bonds. The normalized spacial score (nSPS) is 11.2. The Morgan fingerprint density at radius 1 is 1.10 bits per heavy atom. The van der Waals surface area contributed by atoms with Crippen LogP contribution in [0.2, 0.25) is 0 Å². The topological polar surface area (TPSA) is 28.4 Å². The molecule has 1 aromatic heterocycles. The second-order valence-electron chi connectivity index (χ2n) is 5.20. The Balaban J connectivity index is 1.88. The molecule has 0 atom stereocenters. The van der Waals surface area contributed by atoms with Crippen molar-refractivity contribution in [1.82, 2.24) is 10.2 Å². The number of rotatable bonds is 8. The van der Waals surface area contributed by atoms with Crippen LogP contribution in [0.3, 0.4) is 0 Å². The lowest BCUT2D eigenvalue weighted by atomic mass is 10.2. The average Bonchev–Trinajstić information content (AvgIpc) is 2.87. The van der Waals surface area contributed by atoms with Crippen LogP contribution in [0, 0.1) is 0 Å². The van der Waals surface area contributed by atoms with Crippen LogP contribution in [-0.2, 0) is 19.6 Å². The first-order chi connectivity index (χ1) is 9.79. The van der Waals surface area contributed by atoms with Gasteiger partial charge >= 0.3 is 0 Å². The summed E-state index contributed by atoms with van der Waals surface area (Å²) < 4.78 is 5.62. The highest BCUT2D eigenvalue weighted by atomic mass is 16.3. The summed E-state index contributed by atoms with van der Waals surface area (Å²) in [5.74, 6) is 1.06. The van der Waals surface area contributed by atoms with E-state index >= 15 is 0 Å². The van der Waals surface area contributed by atoms with E-state index in [2.05, 4.69) is 54.5 Å². The van der Waals surface area contributed by atoms with Gasteiger partial charge in [0.2, 0.25) is 0 Å². The lowest BCUT2D eigenvalue weighted by Crippen LogP contribution is -2.19. The average molecular weight is 272 g/mol. The zero-order chi connectivity index (χ0) is 14.2. The van der Waals surface area contributed by atoms with Crippen molar-refractivity contribution < 1.29 is 4.42 Å². The fourth-order valence-electron chi connectivity index (χ4n) is 2.26. The molecule has 3 heteroatoms. The van der Waals surface area contributed by atoms with Crippen molar-refractivity contribution in [3.63, 3.8) is 0 Å². The maximum Gasteiger partial charge on any atom is 0.122 e. The second-order valence-corrected chi connectivity index (χ2v) is 5.20. The molecule has 0 unspecified atom stereocenters. The summed E-state index contributed by atoms with van der Waals surface area (Å²) in [6.45, 7) is 5.88. The Bertz CT molecular complexity index is 493. The fraction of sp³-hybridized carbons (Fsp3) is 0.412. The van der Waals surface area contributed by atoms with Crippen LogP contribution in [-0.4, -0.2) is 18.5 Å². The Hall–Kier alpha value is -1.58. The van der Waals surface area contributed by atoms with Crippen molar-refractivity contribution in [1.29, 1.82) is 0 Å². The smallest absolute Gasteiger partial charge is 0.122 e. The molecule has 3 nitrogen and oxygen atoms in total. The van der Waals surface area contributed by atoms with E-state index in [0.717, 1.165) is 38.4 Å². The molecule has 0 saturated carbocycles. The van der Waals surface area contributed by atoms with Crippen molar-refractivity contribution >= 4 is 0 Å². The molecule has 108 valence electrons. The minimum atomic E-state index is 0.838. The minimum Gasteiger partial charge on any atom is -0.468 e. The van der Waals surface area contributed by atoms with E-state index in [4.69, 9.17) is 4.42 Å². The Kier molecular flexibility index (Phi) is 5.84. The Labute approximate surface area is 121 Å². The summed E-state index contributed by atoms with van der Waals surface area (Å²) in [4.78, 5) is 2.28. The van der Waals surface area contributed by atoms with Gasteiger partial charge < -0.3 is 9.73 Å². The van der Waals surface area contributed by atoms with Crippen molar-refractivity contribution in [3.8, 4) is 0 Å². The lowest BCUT2D eigenvalue weighted by Gasteiger charge is -2.16. The predicted octanol–water partition coefficient (Wildman–Crippen LogP) is 3.41. The molecule has 0 aliphatic carbocycles. The zero-order valence-electron chi connectivity index (χ0n) is 12.4. The first-order valence-electron chi connectivity index (χ1n) is 7.28. The van der Waals surface area contributed by atoms with Crippen molar-refractivity contribution in [2.75, 3.05) is 13.6 Å². The van der Waals surface area contributed by atoms with Crippen LogP contribution in [0.25, 0.3) is 0 Å². The minimum absolute atomic E-state index is 0.838. The lowest BCUT2D eigenvalue weighted by molar-refractivity contribution is 0.286. The molecule has 0 bridgehead atoms. The molecule has 1 aromatic carbocycles. The molecular weight excluding hydrogens is 248 g/mol. The standard InChI is InChI=1S/C17H24N2O/c1-3-10-18-12-16-9-11-20-17(16)14-19(2)13-15-7-5-4-6-8-15/h4-9,11,18H,3,10,12-14H2,1-2H3. The Morgan fingerprint density at radius 2 is 1.90 bits per heavy atom. The largest absolute Gasteiger partial charge is 0.468 e. The maximum atomic E-state index is 5.62. The first-order valence-corrected chi connectivity index (χ1v) is 7.28. The van der Waals surface area contributed by atoms with Crippen LogP contribution in [0.1, 0.15) is 30.2 Å². The molecule has 0 aliphatic heterocycles. The Morgan fingerprint density at radius 3 is 2.65 bits per heavy atom. The third-order valence-electron chi connectivity index (χ3n) is 3.29. The summed E-state index contributed by atoms with van der Waals surface area (Å²) in [6, 6.07) is 12.6. The fourth-order valence-corrected chi connectivity index (χ4v) is 2.26. The van der Waals surface area contributed by atoms with Gasteiger partial charge in [0.15, 0.2) is 0 Å². The van der Waals surface area contributed by atoms with Gasteiger partial charge in [-0.2, -0.15) is 0 Å². The van der Waals surface area contributed by atoms with Gasteiger partial charge in [-0.15, -0.1) is 0 Å². The maximum absolute atomic E-state index is 5.62. The molecule has 0 fully saturated rings. The highest BCUT2D eigenvalue weighted by Crippen LogP contribution is 2.14. The number of hydrogen-bond donors (Lipinski definition) is 1. The molecule has 20 heavy (non-hydrogen) atoms. The summed E-state index contributed by atoms with van der Waals surface area (Å²) in [5.41, 5.74) is 2.59. The molecule has 2 aromatic rings. The number of hydrogen-bond acceptors (Lipinski definition) is 3. The first kappa shape index (κ1) is 14.8. The van der Waals surface area contributed by atoms with E-state index in [1.54, 1.807) is 6.26 Å². The molecule has 0 saturated heterocycles. The predicted molar refractivity (Wildman–Crippen MR) is 82.3 cm³/mol. The molecule has 1 N–H and O–H groups in total. The van der Waals surface area contributed by atoms with E-state index in [-0.39, 0.29) is 0 Å². The van der Waals surface area contributed by atoms with E-state index in [1.807, 2.05) is 6.07 Å². The van der Waals surface area contributed by atoms with Gasteiger partial charge in [-0.3, -0.25) is 4.90 Å². The van der Waals surface area contributed by atoms with E-state index in [1.165, 1.54) is 11.1 Å². The second kappa shape index (κ2) is 7.88. The van der Waals surface area contributed by atoms with Crippen molar-refractivity contribution in [2.24, 2.45) is 0 Å². The van der Waals surface area contributed by atoms with Gasteiger partial charge in [0.05, 0.1) is 12.8 Å². The van der Waals surface area contributed by atoms with Gasteiger partial charge in [-0.25, -0.2) is 0 Å². The molecular formula is C17H24N2O. The SMILES string of the molecule is CCCNCc1ccoc1CN(C)Cc1ccccc1. The van der Waals surface area contributed by atoms with Crippen LogP contribution in [0.5, 0.6) is 0 Å². The zero-order valence-corrected chi connectivity index (χ0v) is 12.4. The highest BCUT2D eigenvalue weighted by Gasteiger charge is 2.09. The summed E-state index contributed by atoms with van der Waals surface area (Å²) >= 11 is 0. The van der Waals surface area contributed by atoms with Gasteiger partial charge in [-0.05, 0) is 31.6 Å². The summed E-state index contributed by atoms with van der Waals surface area (Å²) in [5, 5.41) is 3.42. The number of furan rings is 1. The molecule has 0 spiro atoms. The monoisotopic (exact) mass is 272 g/mol. The third-order valence-corrected chi connectivity index (χ3v) is 3.29. The number of benzene rings is 1. The third kappa shape index (κ3) is 4.51. The molecule has 2 rings (SSSR count). The molecule has 0 radical (unpaired) electrons. The summed E-state index contributed by atoms with van der Waals surface area (Å²) in [6.07, 6.45) is 2.94. The number of nitrogens with zero attached hydrogens (tertiary/aromatic N) is 1. The van der Waals surface area contributed by atoms with E-state index in [0.29, 0.717) is 0 Å². The number of nitrogens with one attached hydrogen (secondary N) is 1. The van der Waals surface area contributed by atoms with Gasteiger partial charge in [0, 0.05) is 18.7 Å². The summed E-state index contributed by atoms with van der Waals surface area (Å²) in [7, 11) is 2.12. The van der Waals surface area contributed by atoms with Crippen LogP contribution < -0.4 is 5.32 Å². The van der Waals surface area contributed by atoms with Crippen LogP contribution in [0.4, 0.5) is 0 Å². The molecule has 1 heterocycles. The van der Waals surface area contributed by atoms with Crippen LogP contribution >= 0.6 is 0 Å². The molecule has 0 aliphatic rings. The van der Waals surface area contributed by atoms with E-state index < -0.39 is 0 Å². The van der Waals surface area contributed by atoms with E-state index in [9.17, 15) is 0 Å². The van der Waals surface area contributed by atoms with Crippen molar-refractivity contribution in [3.05, 3.63) is 59.5 Å².